The molecule has 0 aromatic heterocycles. The van der Waals surface area contributed by atoms with E-state index in [1.165, 1.54) is 4.90 Å². The predicted molar refractivity (Wildman–Crippen MR) is 126 cm³/mol. The van der Waals surface area contributed by atoms with Gasteiger partial charge in [0.2, 0.25) is 0 Å². The lowest BCUT2D eigenvalue weighted by Gasteiger charge is -2.37. The van der Waals surface area contributed by atoms with Crippen LogP contribution < -0.4 is 4.90 Å². The Balaban J connectivity index is 1.90. The molecule has 2 aliphatic heterocycles. The number of rotatable bonds is 3. The average molecular weight is 457 g/mol. The highest BCUT2D eigenvalue weighted by Crippen LogP contribution is 2.40. The fraction of sp³-hybridized carbons (Fsp3) is 0.360. The van der Waals surface area contributed by atoms with Gasteiger partial charge in [-0.3, -0.25) is 9.59 Å². The van der Waals surface area contributed by atoms with Crippen molar-refractivity contribution in [2.24, 2.45) is 11.8 Å². The topological polar surface area (TPSA) is 40.6 Å². The van der Waals surface area contributed by atoms with Crippen LogP contribution in [0.2, 0.25) is 10.0 Å². The molecule has 162 valence electrons. The van der Waals surface area contributed by atoms with Crippen molar-refractivity contribution in [1.82, 2.24) is 4.90 Å². The zero-order valence-corrected chi connectivity index (χ0v) is 19.7. The van der Waals surface area contributed by atoms with Crippen LogP contribution in [0.1, 0.15) is 37.0 Å². The third-order valence-corrected chi connectivity index (χ3v) is 6.60. The normalized spacial score (nSPS) is 22.0. The zero-order chi connectivity index (χ0) is 22.4. The summed E-state index contributed by atoms with van der Waals surface area (Å²) in [5.41, 5.74) is 4.08. The van der Waals surface area contributed by atoms with E-state index < -0.39 is 0 Å². The van der Waals surface area contributed by atoms with Crippen molar-refractivity contribution in [3.8, 4) is 0 Å². The standard InChI is InChI=1S/C25H26Cl2N2O2/c1-14-5-7-19(17(4)10-14)22-23(28-12-15(2)9-16(3)13-28)25(31)29(24(22)30)21-11-18(26)6-8-20(21)27/h5-8,10-11,15-16H,9,12-13H2,1-4H3. The van der Waals surface area contributed by atoms with Gasteiger partial charge in [0, 0.05) is 18.1 Å². The van der Waals surface area contributed by atoms with Crippen LogP contribution in [0.4, 0.5) is 5.69 Å². The van der Waals surface area contributed by atoms with E-state index in [-0.39, 0.29) is 11.8 Å². The number of amides is 2. The van der Waals surface area contributed by atoms with Crippen molar-refractivity contribution >= 4 is 46.3 Å². The van der Waals surface area contributed by atoms with Crippen molar-refractivity contribution in [2.45, 2.75) is 34.1 Å². The molecule has 2 aliphatic rings. The van der Waals surface area contributed by atoms with Gasteiger partial charge in [-0.25, -0.2) is 4.90 Å². The Morgan fingerprint density at radius 2 is 1.58 bits per heavy atom. The largest absolute Gasteiger partial charge is 0.366 e. The molecule has 6 heteroatoms. The average Bonchev–Trinajstić information content (AvgIpc) is 2.93. The summed E-state index contributed by atoms with van der Waals surface area (Å²) in [6, 6.07) is 10.8. The van der Waals surface area contributed by atoms with Crippen LogP contribution in [0.5, 0.6) is 0 Å². The third kappa shape index (κ3) is 3.99. The van der Waals surface area contributed by atoms with Crippen molar-refractivity contribution in [3.05, 3.63) is 68.8 Å². The third-order valence-electron chi connectivity index (χ3n) is 6.04. The minimum Gasteiger partial charge on any atom is -0.366 e. The van der Waals surface area contributed by atoms with E-state index in [4.69, 9.17) is 23.2 Å². The molecule has 2 aromatic carbocycles. The van der Waals surface area contributed by atoms with Gasteiger partial charge in [-0.05, 0) is 61.4 Å². The van der Waals surface area contributed by atoms with E-state index in [1.54, 1.807) is 18.2 Å². The fourth-order valence-corrected chi connectivity index (χ4v) is 5.24. The number of halogens is 2. The number of nitrogens with zero attached hydrogens (tertiary/aromatic N) is 2. The molecule has 0 radical (unpaired) electrons. The first-order valence-corrected chi connectivity index (χ1v) is 11.3. The predicted octanol–water partition coefficient (Wildman–Crippen LogP) is 5.87. The van der Waals surface area contributed by atoms with E-state index in [0.29, 0.717) is 38.8 Å². The van der Waals surface area contributed by atoms with Crippen LogP contribution in [-0.2, 0) is 9.59 Å². The minimum atomic E-state index is -0.359. The van der Waals surface area contributed by atoms with E-state index in [2.05, 4.69) is 18.7 Å². The molecule has 4 rings (SSSR count). The summed E-state index contributed by atoms with van der Waals surface area (Å²) >= 11 is 12.6. The first-order valence-electron chi connectivity index (χ1n) is 10.6. The first-order chi connectivity index (χ1) is 14.7. The number of likely N-dealkylation sites (tertiary alicyclic amines) is 1. The highest BCUT2D eigenvalue weighted by Gasteiger charge is 2.44. The lowest BCUT2D eigenvalue weighted by Crippen LogP contribution is -2.42. The molecule has 2 unspecified atom stereocenters. The van der Waals surface area contributed by atoms with E-state index in [1.807, 2.05) is 32.0 Å². The Bertz CT molecular complexity index is 1100. The Morgan fingerprint density at radius 3 is 2.23 bits per heavy atom. The molecular weight excluding hydrogens is 431 g/mol. The monoisotopic (exact) mass is 456 g/mol. The maximum absolute atomic E-state index is 13.8. The van der Waals surface area contributed by atoms with Gasteiger partial charge in [0.1, 0.15) is 5.70 Å². The Hall–Kier alpha value is -2.30. The SMILES string of the molecule is Cc1ccc(C2=C(N3CC(C)CC(C)C3)C(=O)N(c3cc(Cl)ccc3Cl)C2=O)c(C)c1. The maximum atomic E-state index is 13.8. The summed E-state index contributed by atoms with van der Waals surface area (Å²) in [4.78, 5) is 30.8. The summed E-state index contributed by atoms with van der Waals surface area (Å²) in [5.74, 6) is 0.166. The molecule has 1 fully saturated rings. The van der Waals surface area contributed by atoms with Crippen molar-refractivity contribution in [1.29, 1.82) is 0 Å². The highest BCUT2D eigenvalue weighted by molar-refractivity contribution is 6.47. The van der Waals surface area contributed by atoms with Gasteiger partial charge in [0.15, 0.2) is 0 Å². The van der Waals surface area contributed by atoms with Crippen LogP contribution >= 0.6 is 23.2 Å². The van der Waals surface area contributed by atoms with Crippen molar-refractivity contribution < 1.29 is 9.59 Å². The molecule has 0 saturated carbocycles. The van der Waals surface area contributed by atoms with Gasteiger partial charge < -0.3 is 4.90 Å². The Labute approximate surface area is 193 Å². The Morgan fingerprint density at radius 1 is 0.903 bits per heavy atom. The van der Waals surface area contributed by atoms with E-state index in [0.717, 1.165) is 36.2 Å². The van der Waals surface area contributed by atoms with Crippen molar-refractivity contribution in [3.63, 3.8) is 0 Å². The second-order valence-electron chi connectivity index (χ2n) is 8.93. The number of benzene rings is 2. The summed E-state index contributed by atoms with van der Waals surface area (Å²) in [6.07, 6.45) is 1.11. The summed E-state index contributed by atoms with van der Waals surface area (Å²) in [6.45, 7) is 9.84. The van der Waals surface area contributed by atoms with Crippen LogP contribution in [0.3, 0.4) is 0 Å². The summed E-state index contributed by atoms with van der Waals surface area (Å²) in [7, 11) is 0. The van der Waals surface area contributed by atoms with Crippen LogP contribution in [0.15, 0.2) is 42.1 Å². The number of carbonyl (C=O) groups is 2. The number of anilines is 1. The lowest BCUT2D eigenvalue weighted by atomic mass is 9.90. The highest BCUT2D eigenvalue weighted by atomic mass is 35.5. The van der Waals surface area contributed by atoms with E-state index >= 15 is 0 Å². The quantitative estimate of drug-likeness (QED) is 0.541. The van der Waals surface area contributed by atoms with Gasteiger partial charge in [0.05, 0.1) is 16.3 Å². The number of piperidine rings is 1. The number of hydrogen-bond donors (Lipinski definition) is 0. The molecule has 0 bridgehead atoms. The number of carbonyl (C=O) groups excluding carboxylic acids is 2. The second kappa shape index (κ2) is 8.33. The fourth-order valence-electron chi connectivity index (χ4n) is 4.87. The van der Waals surface area contributed by atoms with Crippen LogP contribution in [0, 0.1) is 25.7 Å². The molecular formula is C25H26Cl2N2O2. The van der Waals surface area contributed by atoms with Gasteiger partial charge in [-0.2, -0.15) is 0 Å². The molecule has 2 heterocycles. The van der Waals surface area contributed by atoms with E-state index in [9.17, 15) is 9.59 Å². The van der Waals surface area contributed by atoms with Gasteiger partial charge in [-0.15, -0.1) is 0 Å². The first kappa shape index (κ1) is 21.9. The molecule has 1 saturated heterocycles. The molecule has 2 aromatic rings. The van der Waals surface area contributed by atoms with Gasteiger partial charge in [-0.1, -0.05) is 60.8 Å². The van der Waals surface area contributed by atoms with Gasteiger partial charge >= 0.3 is 0 Å². The molecule has 2 amide bonds. The lowest BCUT2D eigenvalue weighted by molar-refractivity contribution is -0.120. The second-order valence-corrected chi connectivity index (χ2v) is 9.78. The number of aryl methyl sites for hydroxylation is 2. The molecule has 0 spiro atoms. The summed E-state index contributed by atoms with van der Waals surface area (Å²) < 4.78 is 0. The number of hydrogen-bond acceptors (Lipinski definition) is 3. The summed E-state index contributed by atoms with van der Waals surface area (Å²) in [5, 5.41) is 0.731. The van der Waals surface area contributed by atoms with Crippen LogP contribution in [0.25, 0.3) is 5.57 Å². The minimum absolute atomic E-state index is 0.313. The van der Waals surface area contributed by atoms with Crippen LogP contribution in [-0.4, -0.2) is 29.8 Å². The molecule has 0 N–H and O–H groups in total. The zero-order valence-electron chi connectivity index (χ0n) is 18.2. The maximum Gasteiger partial charge on any atom is 0.282 e. The number of imide groups is 1. The molecule has 0 aliphatic carbocycles. The molecule has 2 atom stereocenters. The van der Waals surface area contributed by atoms with Crippen molar-refractivity contribution in [2.75, 3.05) is 18.0 Å². The molecule has 31 heavy (non-hydrogen) atoms. The van der Waals surface area contributed by atoms with Gasteiger partial charge in [0.25, 0.3) is 11.8 Å². The Kier molecular flexibility index (Phi) is 5.89. The smallest absolute Gasteiger partial charge is 0.282 e. The molecule has 4 nitrogen and oxygen atoms in total.